The van der Waals surface area contributed by atoms with Crippen molar-refractivity contribution in [3.8, 4) is 0 Å². The van der Waals surface area contributed by atoms with Gasteiger partial charge in [0.25, 0.3) is 0 Å². The van der Waals surface area contributed by atoms with Crippen molar-refractivity contribution in [2.75, 3.05) is 0 Å². The molecule has 0 aliphatic carbocycles. The standard InChI is InChI=1S/C11H18N2S/c1-3-4-11(12)13-9(2)7-10-5-6-14-8-10/h5-6,8-9H,3-4,7H2,1-2H3,(H2,12,13). The molecule has 0 amide bonds. The topological polar surface area (TPSA) is 38.4 Å². The fourth-order valence-corrected chi connectivity index (χ4v) is 2.08. The Kier molecular flexibility index (Phi) is 4.66. The van der Waals surface area contributed by atoms with Gasteiger partial charge in [0, 0.05) is 6.42 Å². The van der Waals surface area contributed by atoms with Crippen molar-refractivity contribution in [1.29, 1.82) is 0 Å². The average Bonchev–Trinajstić information content (AvgIpc) is 2.56. The molecule has 0 fully saturated rings. The Labute approximate surface area is 89.9 Å². The highest BCUT2D eigenvalue weighted by Crippen LogP contribution is 2.10. The van der Waals surface area contributed by atoms with Crippen LogP contribution in [0.4, 0.5) is 0 Å². The lowest BCUT2D eigenvalue weighted by atomic mass is 10.1. The molecular weight excluding hydrogens is 192 g/mol. The first-order valence-electron chi connectivity index (χ1n) is 5.05. The molecule has 3 heteroatoms. The first kappa shape index (κ1) is 11.2. The Morgan fingerprint density at radius 1 is 1.64 bits per heavy atom. The van der Waals surface area contributed by atoms with Crippen molar-refractivity contribution in [1.82, 2.24) is 0 Å². The smallest absolute Gasteiger partial charge is 0.0940 e. The molecule has 1 atom stereocenters. The Bertz CT molecular complexity index is 277. The molecule has 14 heavy (non-hydrogen) atoms. The molecule has 1 aromatic heterocycles. The quantitative estimate of drug-likeness (QED) is 0.589. The number of nitrogens with zero attached hydrogens (tertiary/aromatic N) is 1. The predicted molar refractivity (Wildman–Crippen MR) is 64.0 cm³/mol. The van der Waals surface area contributed by atoms with Crippen molar-refractivity contribution >= 4 is 17.2 Å². The Hall–Kier alpha value is -0.830. The van der Waals surface area contributed by atoms with Crippen molar-refractivity contribution in [2.24, 2.45) is 10.7 Å². The van der Waals surface area contributed by atoms with Crippen LogP contribution in [-0.4, -0.2) is 11.9 Å². The molecule has 2 nitrogen and oxygen atoms in total. The van der Waals surface area contributed by atoms with Crippen LogP contribution in [0, 0.1) is 0 Å². The number of hydrogen-bond donors (Lipinski definition) is 1. The summed E-state index contributed by atoms with van der Waals surface area (Å²) >= 11 is 1.73. The minimum absolute atomic E-state index is 0.302. The number of aliphatic imine (C=N–C) groups is 1. The van der Waals surface area contributed by atoms with E-state index in [2.05, 4.69) is 35.7 Å². The van der Waals surface area contributed by atoms with Crippen LogP contribution in [-0.2, 0) is 6.42 Å². The van der Waals surface area contributed by atoms with Gasteiger partial charge in [-0.15, -0.1) is 0 Å². The molecule has 0 saturated carbocycles. The maximum absolute atomic E-state index is 5.77. The number of rotatable bonds is 5. The second kappa shape index (κ2) is 5.81. The van der Waals surface area contributed by atoms with E-state index < -0.39 is 0 Å². The van der Waals surface area contributed by atoms with Crippen LogP contribution in [0.3, 0.4) is 0 Å². The van der Waals surface area contributed by atoms with Gasteiger partial charge >= 0.3 is 0 Å². The number of hydrogen-bond acceptors (Lipinski definition) is 2. The van der Waals surface area contributed by atoms with Gasteiger partial charge in [-0.1, -0.05) is 6.92 Å². The summed E-state index contributed by atoms with van der Waals surface area (Å²) in [5.74, 6) is 0.787. The molecule has 1 aromatic rings. The van der Waals surface area contributed by atoms with E-state index in [9.17, 15) is 0 Å². The lowest BCUT2D eigenvalue weighted by Crippen LogP contribution is -2.15. The van der Waals surface area contributed by atoms with E-state index >= 15 is 0 Å². The number of amidine groups is 1. The SMILES string of the molecule is CCCC(N)=NC(C)Cc1ccsc1. The predicted octanol–water partition coefficient (Wildman–Crippen LogP) is 2.84. The van der Waals surface area contributed by atoms with Crippen molar-refractivity contribution < 1.29 is 0 Å². The molecule has 2 N–H and O–H groups in total. The first-order chi connectivity index (χ1) is 6.72. The molecule has 78 valence electrons. The second-order valence-corrected chi connectivity index (χ2v) is 4.34. The summed E-state index contributed by atoms with van der Waals surface area (Å²) < 4.78 is 0. The third-order valence-electron chi connectivity index (χ3n) is 2.00. The maximum atomic E-state index is 5.77. The molecule has 0 bridgehead atoms. The van der Waals surface area contributed by atoms with E-state index in [1.54, 1.807) is 11.3 Å². The van der Waals surface area contributed by atoms with Gasteiger partial charge < -0.3 is 5.73 Å². The highest BCUT2D eigenvalue weighted by atomic mass is 32.1. The van der Waals surface area contributed by atoms with E-state index in [0.717, 1.165) is 25.1 Å². The van der Waals surface area contributed by atoms with E-state index in [1.807, 2.05) is 0 Å². The normalized spacial score (nSPS) is 14.3. The second-order valence-electron chi connectivity index (χ2n) is 3.56. The monoisotopic (exact) mass is 210 g/mol. The lowest BCUT2D eigenvalue weighted by Gasteiger charge is -2.06. The summed E-state index contributed by atoms with van der Waals surface area (Å²) in [5.41, 5.74) is 7.12. The molecule has 0 aliphatic rings. The van der Waals surface area contributed by atoms with Crippen molar-refractivity contribution in [3.05, 3.63) is 22.4 Å². The maximum Gasteiger partial charge on any atom is 0.0940 e. The highest BCUT2D eigenvalue weighted by Gasteiger charge is 2.02. The fraction of sp³-hybridized carbons (Fsp3) is 0.545. The Morgan fingerprint density at radius 3 is 3.00 bits per heavy atom. The number of nitrogens with two attached hydrogens (primary N) is 1. The van der Waals surface area contributed by atoms with Crippen LogP contribution < -0.4 is 5.73 Å². The van der Waals surface area contributed by atoms with Gasteiger partial charge in [-0.3, -0.25) is 4.99 Å². The van der Waals surface area contributed by atoms with Gasteiger partial charge in [0.1, 0.15) is 0 Å². The van der Waals surface area contributed by atoms with Crippen LogP contribution in [0.2, 0.25) is 0 Å². The average molecular weight is 210 g/mol. The van der Waals surface area contributed by atoms with Gasteiger partial charge in [0.15, 0.2) is 0 Å². The molecular formula is C11H18N2S. The molecule has 0 aromatic carbocycles. The molecule has 1 unspecified atom stereocenters. The van der Waals surface area contributed by atoms with Crippen molar-refractivity contribution in [3.63, 3.8) is 0 Å². The Balaban J connectivity index is 2.42. The summed E-state index contributed by atoms with van der Waals surface area (Å²) in [5, 5.41) is 4.27. The summed E-state index contributed by atoms with van der Waals surface area (Å²) in [6.45, 7) is 4.23. The summed E-state index contributed by atoms with van der Waals surface area (Å²) in [4.78, 5) is 4.44. The molecule has 0 radical (unpaired) electrons. The van der Waals surface area contributed by atoms with Crippen LogP contribution in [0.1, 0.15) is 32.3 Å². The third-order valence-corrected chi connectivity index (χ3v) is 2.74. The van der Waals surface area contributed by atoms with E-state index in [1.165, 1.54) is 5.56 Å². The minimum atomic E-state index is 0.302. The zero-order valence-corrected chi connectivity index (χ0v) is 9.68. The lowest BCUT2D eigenvalue weighted by molar-refractivity contribution is 0.735. The van der Waals surface area contributed by atoms with Crippen LogP contribution in [0.25, 0.3) is 0 Å². The van der Waals surface area contributed by atoms with Gasteiger partial charge in [-0.25, -0.2) is 0 Å². The molecule has 1 rings (SSSR count). The van der Waals surface area contributed by atoms with E-state index in [0.29, 0.717) is 6.04 Å². The van der Waals surface area contributed by atoms with E-state index in [-0.39, 0.29) is 0 Å². The van der Waals surface area contributed by atoms with Crippen LogP contribution in [0.15, 0.2) is 21.8 Å². The van der Waals surface area contributed by atoms with Crippen LogP contribution in [0.5, 0.6) is 0 Å². The zero-order chi connectivity index (χ0) is 10.4. The largest absolute Gasteiger partial charge is 0.387 e. The van der Waals surface area contributed by atoms with Crippen LogP contribution >= 0.6 is 11.3 Å². The summed E-state index contributed by atoms with van der Waals surface area (Å²) in [6, 6.07) is 2.45. The van der Waals surface area contributed by atoms with E-state index in [4.69, 9.17) is 5.73 Å². The fourth-order valence-electron chi connectivity index (χ4n) is 1.40. The summed E-state index contributed by atoms with van der Waals surface area (Å²) in [7, 11) is 0. The first-order valence-corrected chi connectivity index (χ1v) is 6.00. The molecule has 0 saturated heterocycles. The molecule has 0 spiro atoms. The van der Waals surface area contributed by atoms with Gasteiger partial charge in [0.05, 0.1) is 11.9 Å². The number of thiophene rings is 1. The zero-order valence-electron chi connectivity index (χ0n) is 8.86. The summed E-state index contributed by atoms with van der Waals surface area (Å²) in [6.07, 6.45) is 2.97. The van der Waals surface area contributed by atoms with Gasteiger partial charge in [-0.05, 0) is 42.2 Å². The third kappa shape index (κ3) is 3.92. The highest BCUT2D eigenvalue weighted by molar-refractivity contribution is 7.07. The van der Waals surface area contributed by atoms with Gasteiger partial charge in [-0.2, -0.15) is 11.3 Å². The minimum Gasteiger partial charge on any atom is -0.387 e. The molecule has 0 aliphatic heterocycles. The van der Waals surface area contributed by atoms with Gasteiger partial charge in [0.2, 0.25) is 0 Å². The van der Waals surface area contributed by atoms with Crippen molar-refractivity contribution in [2.45, 2.75) is 39.2 Å². The Morgan fingerprint density at radius 2 is 2.43 bits per heavy atom. The molecule has 1 heterocycles.